The molecule has 3 aromatic rings. The Kier molecular flexibility index (Phi) is 9.36. The summed E-state index contributed by atoms with van der Waals surface area (Å²) in [5.74, 6) is -2.56. The number of amides is 4. The van der Waals surface area contributed by atoms with E-state index in [4.69, 9.17) is 14.6 Å². The van der Waals surface area contributed by atoms with Gasteiger partial charge in [0.1, 0.15) is 12.2 Å². The number of carbonyl (C=O) groups is 5. The van der Waals surface area contributed by atoms with E-state index in [2.05, 4.69) is 16.6 Å². The number of ether oxygens (including phenoxy) is 3. The van der Waals surface area contributed by atoms with Crippen molar-refractivity contribution in [3.63, 3.8) is 0 Å². The predicted octanol–water partition coefficient (Wildman–Crippen LogP) is 4.54. The third-order valence-electron chi connectivity index (χ3n) is 6.36. The molecule has 0 aliphatic carbocycles. The molecule has 0 atom stereocenters. The Morgan fingerprint density at radius 3 is 2.26 bits per heavy atom. The van der Waals surface area contributed by atoms with Crippen molar-refractivity contribution in [2.75, 3.05) is 18.6 Å². The highest BCUT2D eigenvalue weighted by atomic mass is 16.5. The number of carboxylic acids is 1. The molecule has 0 radical (unpaired) electrons. The van der Waals surface area contributed by atoms with E-state index in [9.17, 15) is 24.0 Å². The molecule has 4 amide bonds. The summed E-state index contributed by atoms with van der Waals surface area (Å²) in [6.45, 7) is 6.01. The van der Waals surface area contributed by atoms with Gasteiger partial charge in [0, 0.05) is 5.56 Å². The van der Waals surface area contributed by atoms with Crippen molar-refractivity contribution in [3.8, 4) is 11.5 Å². The third kappa shape index (κ3) is 6.79. The Bertz CT molecular complexity index is 1620. The molecule has 0 aromatic heterocycles. The van der Waals surface area contributed by atoms with Gasteiger partial charge in [0.2, 0.25) is 0 Å². The summed E-state index contributed by atoms with van der Waals surface area (Å²) in [5.41, 5.74) is 2.06. The second-order valence-corrected chi connectivity index (χ2v) is 9.22. The fourth-order valence-corrected chi connectivity index (χ4v) is 4.32. The summed E-state index contributed by atoms with van der Waals surface area (Å²) in [4.78, 5) is 62.5. The quantitative estimate of drug-likeness (QED) is 0.143. The average Bonchev–Trinajstić information content (AvgIpc) is 2.99. The summed E-state index contributed by atoms with van der Waals surface area (Å²) in [6.07, 6.45) is 3.37. The molecule has 43 heavy (non-hydrogen) atoms. The minimum Gasteiger partial charge on any atom is -0.490 e. The number of imide groups is 2. The predicted molar refractivity (Wildman–Crippen MR) is 156 cm³/mol. The van der Waals surface area contributed by atoms with Gasteiger partial charge in [-0.1, -0.05) is 18.2 Å². The molecule has 0 saturated carbocycles. The van der Waals surface area contributed by atoms with Gasteiger partial charge in [0.25, 0.3) is 11.8 Å². The fraction of sp³-hybridized carbons (Fsp3) is 0.156. The number of anilines is 1. The Labute approximate surface area is 247 Å². The van der Waals surface area contributed by atoms with E-state index in [1.165, 1.54) is 49.6 Å². The number of nitrogens with zero attached hydrogens (tertiary/aromatic N) is 1. The Hall–Kier alpha value is -5.71. The highest BCUT2D eigenvalue weighted by Gasteiger charge is 2.37. The number of benzene rings is 3. The lowest BCUT2D eigenvalue weighted by molar-refractivity contribution is -0.122. The lowest BCUT2D eigenvalue weighted by atomic mass is 10.0. The fourth-order valence-electron chi connectivity index (χ4n) is 4.32. The Morgan fingerprint density at radius 1 is 0.977 bits per heavy atom. The molecule has 1 fully saturated rings. The van der Waals surface area contributed by atoms with Crippen LogP contribution in [-0.2, 0) is 27.4 Å². The summed E-state index contributed by atoms with van der Waals surface area (Å²) in [7, 11) is 1.23. The molecule has 0 unspecified atom stereocenters. The minimum absolute atomic E-state index is 0.122. The van der Waals surface area contributed by atoms with Gasteiger partial charge in [0.05, 0.1) is 30.5 Å². The van der Waals surface area contributed by atoms with E-state index in [0.29, 0.717) is 35.7 Å². The highest BCUT2D eigenvalue weighted by Crippen LogP contribution is 2.36. The van der Waals surface area contributed by atoms with Crippen LogP contribution in [0.3, 0.4) is 0 Å². The molecular weight excluding hydrogens is 556 g/mol. The smallest absolute Gasteiger partial charge is 0.337 e. The maximum Gasteiger partial charge on any atom is 0.337 e. The van der Waals surface area contributed by atoms with Crippen LogP contribution < -0.4 is 19.7 Å². The maximum absolute atomic E-state index is 13.4. The van der Waals surface area contributed by atoms with Gasteiger partial charge in [-0.3, -0.25) is 14.9 Å². The number of nitrogens with one attached hydrogen (secondary N) is 1. The van der Waals surface area contributed by atoms with Crippen LogP contribution in [0.15, 0.2) is 78.9 Å². The number of esters is 1. The number of urea groups is 1. The number of methoxy groups -OCH3 is 1. The van der Waals surface area contributed by atoms with Crippen molar-refractivity contribution in [2.24, 2.45) is 0 Å². The van der Waals surface area contributed by atoms with E-state index in [1.54, 1.807) is 37.3 Å². The zero-order valence-corrected chi connectivity index (χ0v) is 23.4. The first-order chi connectivity index (χ1) is 20.7. The largest absolute Gasteiger partial charge is 0.490 e. The second kappa shape index (κ2) is 13.3. The van der Waals surface area contributed by atoms with Crippen LogP contribution in [0, 0.1) is 0 Å². The van der Waals surface area contributed by atoms with Gasteiger partial charge in [-0.05, 0) is 79.1 Å². The van der Waals surface area contributed by atoms with Crippen molar-refractivity contribution >= 4 is 41.5 Å². The first kappa shape index (κ1) is 30.3. The number of barbiturate groups is 1. The molecule has 3 aromatic carbocycles. The van der Waals surface area contributed by atoms with Gasteiger partial charge in [0.15, 0.2) is 11.5 Å². The monoisotopic (exact) mass is 584 g/mol. The number of hydrogen-bond acceptors (Lipinski definition) is 8. The van der Waals surface area contributed by atoms with Crippen LogP contribution in [0.5, 0.6) is 11.5 Å². The second-order valence-electron chi connectivity index (χ2n) is 9.22. The topological polar surface area (TPSA) is 149 Å². The van der Waals surface area contributed by atoms with Gasteiger partial charge in [-0.2, -0.15) is 0 Å². The van der Waals surface area contributed by atoms with Crippen molar-refractivity contribution in [3.05, 3.63) is 107 Å². The van der Waals surface area contributed by atoms with Crippen LogP contribution in [0.4, 0.5) is 10.5 Å². The zero-order chi connectivity index (χ0) is 31.1. The molecule has 0 bridgehead atoms. The van der Waals surface area contributed by atoms with Crippen LogP contribution in [0.1, 0.15) is 44.3 Å². The van der Waals surface area contributed by atoms with E-state index >= 15 is 0 Å². The van der Waals surface area contributed by atoms with Crippen LogP contribution >= 0.6 is 0 Å². The summed E-state index contributed by atoms with van der Waals surface area (Å²) >= 11 is 0. The Balaban J connectivity index is 1.67. The molecule has 1 aliphatic heterocycles. The first-order valence-electron chi connectivity index (χ1n) is 13.1. The molecule has 1 heterocycles. The SMILES string of the molecule is C=CCc1cc(/C=C2\C(=O)NC(=O)N(c3ccc(C(=O)OC)cc3)C2=O)cc(OCC)c1OCc1ccc(C(=O)O)cc1. The van der Waals surface area contributed by atoms with E-state index in [0.717, 1.165) is 10.5 Å². The van der Waals surface area contributed by atoms with Gasteiger partial charge < -0.3 is 19.3 Å². The summed E-state index contributed by atoms with van der Waals surface area (Å²) in [6, 6.07) is 14.3. The van der Waals surface area contributed by atoms with Crippen LogP contribution in [0.2, 0.25) is 0 Å². The summed E-state index contributed by atoms with van der Waals surface area (Å²) in [5, 5.41) is 11.3. The maximum atomic E-state index is 13.4. The third-order valence-corrected chi connectivity index (χ3v) is 6.36. The highest BCUT2D eigenvalue weighted by molar-refractivity contribution is 6.39. The molecule has 4 rings (SSSR count). The average molecular weight is 585 g/mol. The minimum atomic E-state index is -1.03. The van der Waals surface area contributed by atoms with Gasteiger partial charge in [-0.25, -0.2) is 19.3 Å². The normalized spacial score (nSPS) is 13.9. The number of rotatable bonds is 11. The number of carboxylic acid groups (broad SMARTS) is 1. The molecule has 11 heteroatoms. The standard InChI is InChI=1S/C32H28N2O9/c1-4-6-23-15-20(17-26(42-5-2)27(23)43-18-19-7-9-21(10-8-19)30(37)38)16-25-28(35)33-32(40)34(29(25)36)24-13-11-22(12-14-24)31(39)41-3/h4,7-17H,1,5-6,18H2,2-3H3,(H,37,38)(H,33,35,40)/b25-16+. The molecule has 11 nitrogen and oxygen atoms in total. The molecule has 2 N–H and O–H groups in total. The molecular formula is C32H28N2O9. The lowest BCUT2D eigenvalue weighted by Gasteiger charge is -2.26. The van der Waals surface area contributed by atoms with Crippen molar-refractivity contribution in [1.29, 1.82) is 0 Å². The molecule has 220 valence electrons. The Morgan fingerprint density at radius 2 is 1.65 bits per heavy atom. The number of aromatic carboxylic acids is 1. The number of allylic oxidation sites excluding steroid dienone is 1. The first-order valence-corrected chi connectivity index (χ1v) is 13.1. The van der Waals surface area contributed by atoms with Crippen molar-refractivity contribution in [2.45, 2.75) is 20.0 Å². The molecule has 1 aliphatic rings. The van der Waals surface area contributed by atoms with Crippen molar-refractivity contribution < 1.29 is 43.3 Å². The number of carbonyl (C=O) groups excluding carboxylic acids is 4. The lowest BCUT2D eigenvalue weighted by Crippen LogP contribution is -2.54. The number of hydrogen-bond donors (Lipinski definition) is 2. The van der Waals surface area contributed by atoms with Crippen LogP contribution in [-0.4, -0.2) is 48.6 Å². The molecule has 1 saturated heterocycles. The van der Waals surface area contributed by atoms with E-state index < -0.39 is 29.8 Å². The van der Waals surface area contributed by atoms with Gasteiger partial charge >= 0.3 is 18.0 Å². The molecule has 0 spiro atoms. The van der Waals surface area contributed by atoms with Gasteiger partial charge in [-0.15, -0.1) is 6.58 Å². The van der Waals surface area contributed by atoms with Crippen molar-refractivity contribution in [1.82, 2.24) is 5.32 Å². The zero-order valence-electron chi connectivity index (χ0n) is 23.4. The van der Waals surface area contributed by atoms with E-state index in [-0.39, 0.29) is 29.0 Å². The summed E-state index contributed by atoms with van der Waals surface area (Å²) < 4.78 is 16.6. The van der Waals surface area contributed by atoms with E-state index in [1.807, 2.05) is 0 Å². The van der Waals surface area contributed by atoms with Crippen LogP contribution in [0.25, 0.3) is 6.08 Å².